The van der Waals surface area contributed by atoms with Crippen molar-refractivity contribution in [2.45, 2.75) is 6.92 Å². The molecule has 2 rings (SSSR count). The third-order valence-corrected chi connectivity index (χ3v) is 2.87. The van der Waals surface area contributed by atoms with E-state index in [4.69, 9.17) is 5.11 Å². The average molecular weight is 313 g/mol. The molecule has 2 aromatic rings. The van der Waals surface area contributed by atoms with Gasteiger partial charge in [0.05, 0.1) is 6.21 Å². The Balaban J connectivity index is 1.93. The maximum atomic E-state index is 11.7. The fourth-order valence-electron chi connectivity index (χ4n) is 1.76. The lowest BCUT2D eigenvalue weighted by Crippen LogP contribution is -2.32. The summed E-state index contributed by atoms with van der Waals surface area (Å²) in [6, 6.07) is 10.9. The summed E-state index contributed by atoms with van der Waals surface area (Å²) < 4.78 is 0. The van der Waals surface area contributed by atoms with Crippen molar-refractivity contribution in [3.05, 3.63) is 53.6 Å². The molecule has 0 aliphatic carbocycles. The number of amides is 2. The lowest BCUT2D eigenvalue weighted by Gasteiger charge is -2.04. The van der Waals surface area contributed by atoms with E-state index in [-0.39, 0.29) is 17.1 Å². The Morgan fingerprint density at radius 3 is 2.57 bits per heavy atom. The van der Waals surface area contributed by atoms with Gasteiger partial charge in [-0.15, -0.1) is 0 Å². The molecule has 0 bridgehead atoms. The second-order valence-corrected chi connectivity index (χ2v) is 4.77. The predicted molar refractivity (Wildman–Crippen MR) is 85.3 cm³/mol. The van der Waals surface area contributed by atoms with Crippen molar-refractivity contribution in [2.24, 2.45) is 5.10 Å². The van der Waals surface area contributed by atoms with Crippen LogP contribution in [0.2, 0.25) is 0 Å². The molecule has 7 nitrogen and oxygen atoms in total. The standard InChI is InChI=1S/C16H15N3O4/c1-10-3-2-4-12(7-10)18-15(22)16(23)19-17-9-11-5-6-13(20)8-14(11)21/h2-9,20-21H,1H3,(H,18,22)(H,19,23). The Morgan fingerprint density at radius 1 is 1.09 bits per heavy atom. The Kier molecular flexibility index (Phi) is 4.93. The van der Waals surface area contributed by atoms with Crippen LogP contribution >= 0.6 is 0 Å². The first-order valence-corrected chi connectivity index (χ1v) is 6.69. The van der Waals surface area contributed by atoms with E-state index in [0.717, 1.165) is 17.8 Å². The van der Waals surface area contributed by atoms with Crippen LogP contribution in [0.25, 0.3) is 0 Å². The molecule has 0 aromatic heterocycles. The maximum Gasteiger partial charge on any atom is 0.329 e. The zero-order valence-corrected chi connectivity index (χ0v) is 12.3. The van der Waals surface area contributed by atoms with Gasteiger partial charge in [0.15, 0.2) is 0 Å². The maximum absolute atomic E-state index is 11.7. The van der Waals surface area contributed by atoms with Gasteiger partial charge in [-0.2, -0.15) is 5.10 Å². The highest BCUT2D eigenvalue weighted by molar-refractivity contribution is 6.39. The Bertz CT molecular complexity index is 772. The van der Waals surface area contributed by atoms with Crippen LogP contribution in [0.5, 0.6) is 11.5 Å². The molecular weight excluding hydrogens is 298 g/mol. The number of aryl methyl sites for hydroxylation is 1. The lowest BCUT2D eigenvalue weighted by atomic mass is 10.2. The van der Waals surface area contributed by atoms with Crippen LogP contribution in [0.15, 0.2) is 47.6 Å². The quantitative estimate of drug-likeness (QED) is 0.391. The molecule has 0 heterocycles. The second-order valence-electron chi connectivity index (χ2n) is 4.77. The van der Waals surface area contributed by atoms with E-state index in [1.54, 1.807) is 18.2 Å². The van der Waals surface area contributed by atoms with Crippen molar-refractivity contribution in [1.82, 2.24) is 5.43 Å². The number of hydrogen-bond donors (Lipinski definition) is 4. The van der Waals surface area contributed by atoms with E-state index in [9.17, 15) is 14.7 Å². The zero-order valence-electron chi connectivity index (χ0n) is 12.3. The molecule has 4 N–H and O–H groups in total. The Hall–Kier alpha value is -3.35. The first-order valence-electron chi connectivity index (χ1n) is 6.69. The highest BCUT2D eigenvalue weighted by Gasteiger charge is 2.12. The van der Waals surface area contributed by atoms with Gasteiger partial charge in [-0.05, 0) is 36.8 Å². The number of carbonyl (C=O) groups is 2. The van der Waals surface area contributed by atoms with E-state index >= 15 is 0 Å². The van der Waals surface area contributed by atoms with Crippen LogP contribution in [-0.2, 0) is 9.59 Å². The molecular formula is C16H15N3O4. The van der Waals surface area contributed by atoms with E-state index in [2.05, 4.69) is 15.8 Å². The average Bonchev–Trinajstić information content (AvgIpc) is 2.49. The minimum absolute atomic E-state index is 0.0961. The Morgan fingerprint density at radius 2 is 1.87 bits per heavy atom. The minimum atomic E-state index is -0.943. The molecule has 0 fully saturated rings. The van der Waals surface area contributed by atoms with Gasteiger partial charge in [0, 0.05) is 17.3 Å². The second kappa shape index (κ2) is 7.08. The summed E-state index contributed by atoms with van der Waals surface area (Å²) in [6.45, 7) is 1.87. The molecule has 23 heavy (non-hydrogen) atoms. The number of nitrogens with zero attached hydrogens (tertiary/aromatic N) is 1. The number of anilines is 1. The number of carbonyl (C=O) groups excluding carboxylic acids is 2. The lowest BCUT2D eigenvalue weighted by molar-refractivity contribution is -0.136. The molecule has 2 amide bonds. The zero-order chi connectivity index (χ0) is 16.8. The number of phenols is 2. The molecule has 0 aliphatic heterocycles. The molecule has 118 valence electrons. The van der Waals surface area contributed by atoms with Gasteiger partial charge in [-0.25, -0.2) is 5.43 Å². The van der Waals surface area contributed by atoms with Crippen LogP contribution in [0.1, 0.15) is 11.1 Å². The number of nitrogens with one attached hydrogen (secondary N) is 2. The van der Waals surface area contributed by atoms with Gasteiger partial charge in [0.25, 0.3) is 0 Å². The molecule has 2 aromatic carbocycles. The number of phenolic OH excluding ortho intramolecular Hbond substituents is 2. The Labute approximate surface area is 132 Å². The molecule has 0 saturated heterocycles. The van der Waals surface area contributed by atoms with Crippen LogP contribution in [0.3, 0.4) is 0 Å². The summed E-state index contributed by atoms with van der Waals surface area (Å²) in [5.74, 6) is -2.10. The van der Waals surface area contributed by atoms with Crippen molar-refractivity contribution in [2.75, 3.05) is 5.32 Å². The van der Waals surface area contributed by atoms with Crippen molar-refractivity contribution in [3.63, 3.8) is 0 Å². The van der Waals surface area contributed by atoms with Crippen LogP contribution < -0.4 is 10.7 Å². The van der Waals surface area contributed by atoms with Crippen LogP contribution in [0, 0.1) is 6.92 Å². The van der Waals surface area contributed by atoms with E-state index in [1.165, 1.54) is 12.1 Å². The van der Waals surface area contributed by atoms with E-state index in [0.29, 0.717) is 5.69 Å². The third kappa shape index (κ3) is 4.57. The number of benzene rings is 2. The largest absolute Gasteiger partial charge is 0.508 e. The van der Waals surface area contributed by atoms with Crippen LogP contribution in [0.4, 0.5) is 5.69 Å². The van der Waals surface area contributed by atoms with Crippen molar-refractivity contribution in [1.29, 1.82) is 0 Å². The first-order chi connectivity index (χ1) is 11.0. The third-order valence-electron chi connectivity index (χ3n) is 2.87. The summed E-state index contributed by atoms with van der Waals surface area (Å²) in [4.78, 5) is 23.3. The van der Waals surface area contributed by atoms with Gasteiger partial charge in [-0.3, -0.25) is 9.59 Å². The number of rotatable bonds is 3. The molecule has 7 heteroatoms. The normalized spacial score (nSPS) is 10.5. The van der Waals surface area contributed by atoms with Crippen molar-refractivity contribution < 1.29 is 19.8 Å². The summed E-state index contributed by atoms with van der Waals surface area (Å²) >= 11 is 0. The fraction of sp³-hybridized carbons (Fsp3) is 0.0625. The van der Waals surface area contributed by atoms with Gasteiger partial charge < -0.3 is 15.5 Å². The van der Waals surface area contributed by atoms with Crippen molar-refractivity contribution in [3.8, 4) is 11.5 Å². The summed E-state index contributed by atoms with van der Waals surface area (Å²) in [5.41, 5.74) is 3.79. The summed E-state index contributed by atoms with van der Waals surface area (Å²) in [6.07, 6.45) is 1.16. The van der Waals surface area contributed by atoms with E-state index < -0.39 is 11.8 Å². The molecule has 0 aliphatic rings. The fourth-order valence-corrected chi connectivity index (χ4v) is 1.76. The molecule has 0 saturated carbocycles. The van der Waals surface area contributed by atoms with Crippen LogP contribution in [-0.4, -0.2) is 28.2 Å². The predicted octanol–water partition coefficient (Wildman–Crippen LogP) is 1.50. The van der Waals surface area contributed by atoms with Gasteiger partial charge in [0.2, 0.25) is 0 Å². The highest BCUT2D eigenvalue weighted by Crippen LogP contribution is 2.20. The number of hydrogen-bond acceptors (Lipinski definition) is 5. The SMILES string of the molecule is Cc1cccc(NC(=O)C(=O)NN=Cc2ccc(O)cc2O)c1. The highest BCUT2D eigenvalue weighted by atomic mass is 16.3. The van der Waals surface area contributed by atoms with E-state index in [1.807, 2.05) is 13.0 Å². The number of hydrazone groups is 1. The summed E-state index contributed by atoms with van der Waals surface area (Å²) in [7, 11) is 0. The molecule has 0 unspecified atom stereocenters. The minimum Gasteiger partial charge on any atom is -0.508 e. The van der Waals surface area contributed by atoms with Gasteiger partial charge >= 0.3 is 11.8 Å². The topological polar surface area (TPSA) is 111 Å². The van der Waals surface area contributed by atoms with Gasteiger partial charge in [0.1, 0.15) is 11.5 Å². The van der Waals surface area contributed by atoms with Crippen molar-refractivity contribution >= 4 is 23.7 Å². The van der Waals surface area contributed by atoms with Gasteiger partial charge in [-0.1, -0.05) is 12.1 Å². The first kappa shape index (κ1) is 16.0. The smallest absolute Gasteiger partial charge is 0.329 e. The molecule has 0 spiro atoms. The summed E-state index contributed by atoms with van der Waals surface area (Å²) in [5, 5.41) is 24.7. The number of aromatic hydroxyl groups is 2. The monoisotopic (exact) mass is 313 g/mol. The molecule has 0 atom stereocenters. The molecule has 0 radical (unpaired) electrons.